The van der Waals surface area contributed by atoms with Gasteiger partial charge in [-0.1, -0.05) is 46.8 Å². The summed E-state index contributed by atoms with van der Waals surface area (Å²) in [5.41, 5.74) is 4.44. The zero-order valence-electron chi connectivity index (χ0n) is 22.8. The van der Waals surface area contributed by atoms with Gasteiger partial charge in [-0.15, -0.1) is 0 Å². The SMILES string of the molecule is CCN(CC)CCCOc1ccc(-c2cn(-c3ccc(Oc4ccc(C(C)(C)C)cc4)cc3)cn2)cc1. The number of hydrogen-bond donors (Lipinski definition) is 0. The predicted octanol–water partition coefficient (Wildman–Crippen LogP) is 7.74. The van der Waals surface area contributed by atoms with E-state index in [1.165, 1.54) is 5.56 Å². The highest BCUT2D eigenvalue weighted by molar-refractivity contribution is 5.60. The van der Waals surface area contributed by atoms with Crippen molar-refractivity contribution in [1.82, 2.24) is 14.5 Å². The highest BCUT2D eigenvalue weighted by Gasteiger charge is 2.13. The first kappa shape index (κ1) is 26.5. The second kappa shape index (κ2) is 12.1. The molecule has 3 aromatic carbocycles. The van der Waals surface area contributed by atoms with Crippen molar-refractivity contribution in [2.24, 2.45) is 0 Å². The summed E-state index contributed by atoms with van der Waals surface area (Å²) in [6, 6.07) is 24.5. The van der Waals surface area contributed by atoms with Gasteiger partial charge >= 0.3 is 0 Å². The molecule has 0 unspecified atom stereocenters. The molecule has 5 nitrogen and oxygen atoms in total. The van der Waals surface area contributed by atoms with Crippen LogP contribution in [-0.4, -0.2) is 40.7 Å². The molecule has 0 fully saturated rings. The zero-order valence-corrected chi connectivity index (χ0v) is 22.8. The molecule has 4 rings (SSSR count). The summed E-state index contributed by atoms with van der Waals surface area (Å²) >= 11 is 0. The van der Waals surface area contributed by atoms with Gasteiger partial charge in [0.2, 0.25) is 0 Å². The average molecular weight is 498 g/mol. The van der Waals surface area contributed by atoms with Crippen LogP contribution < -0.4 is 9.47 Å². The average Bonchev–Trinajstić information content (AvgIpc) is 3.40. The van der Waals surface area contributed by atoms with Crippen molar-refractivity contribution in [3.05, 3.63) is 90.9 Å². The molecule has 0 spiro atoms. The van der Waals surface area contributed by atoms with E-state index >= 15 is 0 Å². The van der Waals surface area contributed by atoms with Crippen molar-refractivity contribution >= 4 is 0 Å². The molecule has 37 heavy (non-hydrogen) atoms. The van der Waals surface area contributed by atoms with Crippen LogP contribution in [0.5, 0.6) is 17.2 Å². The van der Waals surface area contributed by atoms with Gasteiger partial charge < -0.3 is 18.9 Å². The number of hydrogen-bond acceptors (Lipinski definition) is 4. The minimum Gasteiger partial charge on any atom is -0.494 e. The summed E-state index contributed by atoms with van der Waals surface area (Å²) in [6.45, 7) is 15.0. The maximum Gasteiger partial charge on any atom is 0.127 e. The highest BCUT2D eigenvalue weighted by atomic mass is 16.5. The number of benzene rings is 3. The lowest BCUT2D eigenvalue weighted by molar-refractivity contribution is 0.249. The second-order valence-electron chi connectivity index (χ2n) is 10.3. The van der Waals surface area contributed by atoms with Gasteiger partial charge in [0.1, 0.15) is 17.2 Å². The summed E-state index contributed by atoms with van der Waals surface area (Å²) in [4.78, 5) is 7.02. The number of imidazole rings is 1. The fourth-order valence-corrected chi connectivity index (χ4v) is 4.20. The molecule has 0 aliphatic rings. The Morgan fingerprint density at radius 3 is 1.97 bits per heavy atom. The summed E-state index contributed by atoms with van der Waals surface area (Å²) in [5, 5.41) is 0. The van der Waals surface area contributed by atoms with Crippen LogP contribution in [0.3, 0.4) is 0 Å². The highest BCUT2D eigenvalue weighted by Crippen LogP contribution is 2.28. The van der Waals surface area contributed by atoms with Crippen LogP contribution in [0.1, 0.15) is 46.6 Å². The van der Waals surface area contributed by atoms with E-state index in [9.17, 15) is 0 Å². The largest absolute Gasteiger partial charge is 0.494 e. The van der Waals surface area contributed by atoms with E-state index in [2.05, 4.69) is 68.8 Å². The Hall–Kier alpha value is -3.57. The Labute approximate surface area is 221 Å². The van der Waals surface area contributed by atoms with Crippen LogP contribution in [-0.2, 0) is 5.41 Å². The second-order valence-corrected chi connectivity index (χ2v) is 10.3. The standard InChI is InChI=1S/C32H39N3O2/c1-6-34(7-2)21-8-22-36-28-15-9-25(10-16-28)31-23-35(24-33-31)27-13-19-30(20-14-27)37-29-17-11-26(12-18-29)32(3,4)5/h9-20,23-24H,6-8,21-22H2,1-5H3. The summed E-state index contributed by atoms with van der Waals surface area (Å²) < 4.78 is 14.0. The Morgan fingerprint density at radius 1 is 0.784 bits per heavy atom. The third kappa shape index (κ3) is 7.23. The number of nitrogens with zero attached hydrogens (tertiary/aromatic N) is 3. The van der Waals surface area contributed by atoms with Gasteiger partial charge in [-0.25, -0.2) is 4.98 Å². The smallest absolute Gasteiger partial charge is 0.127 e. The molecular weight excluding hydrogens is 458 g/mol. The number of ether oxygens (including phenoxy) is 2. The molecule has 0 aliphatic carbocycles. The van der Waals surface area contributed by atoms with Crippen LogP contribution in [0.4, 0.5) is 0 Å². The normalized spacial score (nSPS) is 11.6. The van der Waals surface area contributed by atoms with Crippen LogP contribution in [0.15, 0.2) is 85.3 Å². The van der Waals surface area contributed by atoms with E-state index in [0.29, 0.717) is 0 Å². The van der Waals surface area contributed by atoms with Crippen LogP contribution in [0.25, 0.3) is 16.9 Å². The van der Waals surface area contributed by atoms with Gasteiger partial charge in [0.05, 0.1) is 18.6 Å². The molecule has 4 aromatic rings. The van der Waals surface area contributed by atoms with Crippen molar-refractivity contribution in [2.45, 2.75) is 46.5 Å². The lowest BCUT2D eigenvalue weighted by Gasteiger charge is -2.19. The molecular formula is C32H39N3O2. The van der Waals surface area contributed by atoms with E-state index in [0.717, 1.165) is 66.9 Å². The van der Waals surface area contributed by atoms with Crippen LogP contribution in [0, 0.1) is 0 Å². The molecule has 1 aromatic heterocycles. The van der Waals surface area contributed by atoms with Gasteiger partial charge in [0.15, 0.2) is 0 Å². The van der Waals surface area contributed by atoms with Gasteiger partial charge in [0, 0.05) is 24.0 Å². The zero-order chi connectivity index (χ0) is 26.3. The van der Waals surface area contributed by atoms with E-state index in [-0.39, 0.29) is 5.41 Å². The summed E-state index contributed by atoms with van der Waals surface area (Å²) in [6.07, 6.45) is 4.91. The van der Waals surface area contributed by atoms with E-state index in [1.807, 2.05) is 65.6 Å². The molecule has 0 bridgehead atoms. The molecule has 0 saturated carbocycles. The minimum absolute atomic E-state index is 0.130. The molecule has 5 heteroatoms. The van der Waals surface area contributed by atoms with Crippen molar-refractivity contribution < 1.29 is 9.47 Å². The molecule has 0 radical (unpaired) electrons. The van der Waals surface area contributed by atoms with Crippen LogP contribution in [0.2, 0.25) is 0 Å². The number of aromatic nitrogens is 2. The first-order chi connectivity index (χ1) is 17.9. The summed E-state index contributed by atoms with van der Waals surface area (Å²) in [7, 11) is 0. The lowest BCUT2D eigenvalue weighted by atomic mass is 9.87. The van der Waals surface area contributed by atoms with Gasteiger partial charge in [-0.05, 0) is 91.2 Å². The maximum atomic E-state index is 6.04. The van der Waals surface area contributed by atoms with Crippen molar-refractivity contribution in [2.75, 3.05) is 26.2 Å². The van der Waals surface area contributed by atoms with Gasteiger partial charge in [0.25, 0.3) is 0 Å². The molecule has 0 saturated heterocycles. The Bertz CT molecular complexity index is 1230. The van der Waals surface area contributed by atoms with E-state index < -0.39 is 0 Å². The van der Waals surface area contributed by atoms with Crippen molar-refractivity contribution in [1.29, 1.82) is 0 Å². The molecule has 0 atom stereocenters. The van der Waals surface area contributed by atoms with Gasteiger partial charge in [-0.3, -0.25) is 0 Å². The molecule has 0 amide bonds. The molecule has 1 heterocycles. The topological polar surface area (TPSA) is 39.5 Å². The fourth-order valence-electron chi connectivity index (χ4n) is 4.20. The monoisotopic (exact) mass is 497 g/mol. The van der Waals surface area contributed by atoms with Crippen molar-refractivity contribution in [3.8, 4) is 34.2 Å². The quantitative estimate of drug-likeness (QED) is 0.199. The Kier molecular flexibility index (Phi) is 8.67. The predicted molar refractivity (Wildman–Crippen MR) is 152 cm³/mol. The Morgan fingerprint density at radius 2 is 1.38 bits per heavy atom. The molecule has 194 valence electrons. The first-order valence-corrected chi connectivity index (χ1v) is 13.2. The number of rotatable bonds is 11. The minimum atomic E-state index is 0.130. The molecule has 0 N–H and O–H groups in total. The lowest BCUT2D eigenvalue weighted by Crippen LogP contribution is -2.25. The summed E-state index contributed by atoms with van der Waals surface area (Å²) in [5.74, 6) is 2.54. The maximum absolute atomic E-state index is 6.04. The van der Waals surface area contributed by atoms with E-state index in [1.54, 1.807) is 0 Å². The Balaban J connectivity index is 1.33. The van der Waals surface area contributed by atoms with Crippen LogP contribution >= 0.6 is 0 Å². The molecule has 0 aliphatic heterocycles. The first-order valence-electron chi connectivity index (χ1n) is 13.2. The van der Waals surface area contributed by atoms with Crippen molar-refractivity contribution in [3.63, 3.8) is 0 Å². The third-order valence-electron chi connectivity index (χ3n) is 6.61. The van der Waals surface area contributed by atoms with Gasteiger partial charge in [-0.2, -0.15) is 0 Å². The van der Waals surface area contributed by atoms with E-state index in [4.69, 9.17) is 9.47 Å². The fraction of sp³-hybridized carbons (Fsp3) is 0.344. The third-order valence-corrected chi connectivity index (χ3v) is 6.61.